The molecule has 0 aliphatic rings. The topological polar surface area (TPSA) is 58.9 Å². The van der Waals surface area contributed by atoms with Crippen molar-refractivity contribution in [2.75, 3.05) is 0 Å². The van der Waals surface area contributed by atoms with Crippen molar-refractivity contribution in [2.45, 2.75) is 23.6 Å². The summed E-state index contributed by atoms with van der Waals surface area (Å²) in [5.74, 6) is 0. The third-order valence-corrected chi connectivity index (χ3v) is 5.90. The van der Waals surface area contributed by atoms with Gasteiger partial charge in [0.1, 0.15) is 0 Å². The maximum absolute atomic E-state index is 12.3. The van der Waals surface area contributed by atoms with E-state index in [0.717, 1.165) is 22.3 Å². The van der Waals surface area contributed by atoms with Gasteiger partial charge in [-0.2, -0.15) is 8.80 Å². The highest BCUT2D eigenvalue weighted by molar-refractivity contribution is 7.84. The lowest BCUT2D eigenvalue weighted by molar-refractivity contribution is 0.683. The van der Waals surface area contributed by atoms with Gasteiger partial charge in [-0.1, -0.05) is 53.6 Å². The smallest absolute Gasteiger partial charge is 0.172 e. The molecule has 3 aromatic rings. The van der Waals surface area contributed by atoms with Crippen LogP contribution in [-0.2, 0) is 22.0 Å². The first-order valence-corrected chi connectivity index (χ1v) is 10.9. The van der Waals surface area contributed by atoms with Gasteiger partial charge in [0.25, 0.3) is 0 Å². The van der Waals surface area contributed by atoms with E-state index in [1.165, 1.54) is 0 Å². The molecule has 0 radical (unpaired) electrons. The number of nitrogens with zero attached hydrogens (tertiary/aromatic N) is 2. The van der Waals surface area contributed by atoms with Crippen LogP contribution in [0.5, 0.6) is 0 Å². The van der Waals surface area contributed by atoms with Crippen LogP contribution in [0, 0.1) is 13.8 Å². The van der Waals surface area contributed by atoms with Crippen molar-refractivity contribution in [3.63, 3.8) is 0 Å². The van der Waals surface area contributed by atoms with Gasteiger partial charge < -0.3 is 0 Å². The van der Waals surface area contributed by atoms with Gasteiger partial charge in [0.15, 0.2) is 22.0 Å². The Hall–Kier alpha value is -2.70. The summed E-state index contributed by atoms with van der Waals surface area (Å²) < 4.78 is 32.8. The van der Waals surface area contributed by atoms with Gasteiger partial charge in [-0.05, 0) is 55.3 Å². The molecular formula is C22H20N2O2S2. The minimum Gasteiger partial charge on any atom is -0.229 e. The zero-order valence-electron chi connectivity index (χ0n) is 15.6. The second-order valence-corrected chi connectivity index (χ2v) is 8.62. The van der Waals surface area contributed by atoms with Crippen LogP contribution >= 0.6 is 0 Å². The zero-order valence-corrected chi connectivity index (χ0v) is 17.2. The number of rotatable bonds is 6. The number of hydrogen-bond donors (Lipinski definition) is 0. The van der Waals surface area contributed by atoms with E-state index < -0.39 is 22.0 Å². The fourth-order valence-electron chi connectivity index (χ4n) is 2.37. The predicted molar refractivity (Wildman–Crippen MR) is 117 cm³/mol. The molecule has 0 spiro atoms. The van der Waals surface area contributed by atoms with E-state index in [0.29, 0.717) is 9.79 Å². The fourth-order valence-corrected chi connectivity index (χ4v) is 3.78. The van der Waals surface area contributed by atoms with Gasteiger partial charge in [0, 0.05) is 12.4 Å². The summed E-state index contributed by atoms with van der Waals surface area (Å²) in [6, 6.07) is 22.3. The molecule has 2 atom stereocenters. The van der Waals surface area contributed by atoms with Crippen LogP contribution in [-0.4, -0.2) is 20.8 Å². The molecule has 0 fully saturated rings. The lowest BCUT2D eigenvalue weighted by Crippen LogP contribution is -1.92. The Balaban J connectivity index is 1.69. The normalized spacial score (nSPS) is 13.8. The highest BCUT2D eigenvalue weighted by atomic mass is 32.2. The second kappa shape index (κ2) is 9.48. The van der Waals surface area contributed by atoms with E-state index in [2.05, 4.69) is 8.80 Å². The van der Waals surface area contributed by atoms with E-state index in [1.807, 2.05) is 86.6 Å². The molecule has 0 heterocycles. The SMILES string of the molecule is Cc1ccc([S@](=O)/N=C/c2cccc(/C=N/[S@](=O)c3ccc(C)cc3)c2)cc1. The van der Waals surface area contributed by atoms with Crippen molar-refractivity contribution in [1.29, 1.82) is 0 Å². The summed E-state index contributed by atoms with van der Waals surface area (Å²) in [6.07, 6.45) is 3.15. The Kier molecular flexibility index (Phi) is 6.79. The van der Waals surface area contributed by atoms with Crippen molar-refractivity contribution < 1.29 is 8.42 Å². The van der Waals surface area contributed by atoms with Gasteiger partial charge in [-0.25, -0.2) is 8.42 Å². The number of aryl methyl sites for hydroxylation is 2. The van der Waals surface area contributed by atoms with Crippen LogP contribution in [0.3, 0.4) is 0 Å². The van der Waals surface area contributed by atoms with Gasteiger partial charge in [0.2, 0.25) is 0 Å². The van der Waals surface area contributed by atoms with Crippen LogP contribution in [0.2, 0.25) is 0 Å². The largest absolute Gasteiger partial charge is 0.229 e. The third kappa shape index (κ3) is 5.65. The van der Waals surface area contributed by atoms with Crippen molar-refractivity contribution in [3.8, 4) is 0 Å². The van der Waals surface area contributed by atoms with Gasteiger partial charge in [0.05, 0.1) is 9.79 Å². The lowest BCUT2D eigenvalue weighted by atomic mass is 10.1. The van der Waals surface area contributed by atoms with E-state index in [9.17, 15) is 8.42 Å². The highest BCUT2D eigenvalue weighted by Crippen LogP contribution is 2.11. The molecule has 0 aromatic heterocycles. The summed E-state index contributed by atoms with van der Waals surface area (Å²) in [5, 5.41) is 0. The molecule has 0 unspecified atom stereocenters. The third-order valence-electron chi connectivity index (χ3n) is 3.95. The lowest BCUT2D eigenvalue weighted by Gasteiger charge is -1.99. The Morgan fingerprint density at radius 3 is 1.43 bits per heavy atom. The van der Waals surface area contributed by atoms with E-state index >= 15 is 0 Å². The van der Waals surface area contributed by atoms with Crippen LogP contribution in [0.15, 0.2) is 91.4 Å². The molecule has 3 aromatic carbocycles. The maximum Gasteiger partial charge on any atom is 0.172 e. The van der Waals surface area contributed by atoms with Crippen LogP contribution in [0.4, 0.5) is 0 Å². The van der Waals surface area contributed by atoms with Gasteiger partial charge in [-0.15, -0.1) is 0 Å². The van der Waals surface area contributed by atoms with Crippen LogP contribution < -0.4 is 0 Å². The Morgan fingerprint density at radius 1 is 0.643 bits per heavy atom. The highest BCUT2D eigenvalue weighted by Gasteiger charge is 2.02. The first kappa shape index (κ1) is 20.0. The van der Waals surface area contributed by atoms with Gasteiger partial charge >= 0.3 is 0 Å². The Morgan fingerprint density at radius 2 is 1.04 bits per heavy atom. The molecule has 28 heavy (non-hydrogen) atoms. The number of benzene rings is 3. The maximum atomic E-state index is 12.3. The molecule has 0 amide bonds. The van der Waals surface area contributed by atoms with E-state index in [1.54, 1.807) is 12.4 Å². The fraction of sp³-hybridized carbons (Fsp3) is 0.0909. The summed E-state index contributed by atoms with van der Waals surface area (Å²) >= 11 is 0. The standard InChI is InChI=1S/C22H20N2O2S2/c1-17-6-10-21(11-7-17)27(25)23-15-19-4-3-5-20(14-19)16-24-28(26)22-12-8-18(2)9-13-22/h3-16H,1-2H3/b23-15+,24-16+/t27-,28+. The average molecular weight is 409 g/mol. The quantitative estimate of drug-likeness (QED) is 0.560. The van der Waals surface area contributed by atoms with Crippen LogP contribution in [0.25, 0.3) is 0 Å². The summed E-state index contributed by atoms with van der Waals surface area (Å²) in [5.41, 5.74) is 3.82. The summed E-state index contributed by atoms with van der Waals surface area (Å²) in [7, 11) is -2.90. The molecule has 0 saturated heterocycles. The molecule has 3 rings (SSSR count). The molecular weight excluding hydrogens is 388 g/mol. The van der Waals surface area contributed by atoms with E-state index in [-0.39, 0.29) is 0 Å². The van der Waals surface area contributed by atoms with E-state index in [4.69, 9.17) is 0 Å². The minimum atomic E-state index is -1.45. The zero-order chi connectivity index (χ0) is 19.9. The molecule has 0 aliphatic carbocycles. The van der Waals surface area contributed by atoms with Crippen molar-refractivity contribution >= 4 is 34.4 Å². The first-order chi connectivity index (χ1) is 13.5. The monoisotopic (exact) mass is 408 g/mol. The average Bonchev–Trinajstić information content (AvgIpc) is 2.71. The second-order valence-electron chi connectivity index (χ2n) is 6.26. The minimum absolute atomic E-state index is 0.660. The molecule has 0 N–H and O–H groups in total. The summed E-state index contributed by atoms with van der Waals surface area (Å²) in [6.45, 7) is 3.96. The van der Waals surface area contributed by atoms with Crippen molar-refractivity contribution in [2.24, 2.45) is 8.80 Å². The predicted octanol–water partition coefficient (Wildman–Crippen LogP) is 4.59. The Labute approximate surface area is 170 Å². The van der Waals surface area contributed by atoms with Crippen molar-refractivity contribution in [1.82, 2.24) is 0 Å². The summed E-state index contributed by atoms with van der Waals surface area (Å²) in [4.78, 5) is 1.32. The van der Waals surface area contributed by atoms with Crippen molar-refractivity contribution in [3.05, 3.63) is 95.1 Å². The molecule has 4 nitrogen and oxygen atoms in total. The molecule has 6 heteroatoms. The van der Waals surface area contributed by atoms with Gasteiger partial charge in [-0.3, -0.25) is 0 Å². The molecule has 142 valence electrons. The number of hydrogen-bond acceptors (Lipinski definition) is 2. The Bertz CT molecular complexity index is 974. The molecule has 0 aliphatic heterocycles. The molecule has 0 saturated carbocycles. The first-order valence-electron chi connectivity index (χ1n) is 8.66. The van der Waals surface area contributed by atoms with Crippen LogP contribution in [0.1, 0.15) is 22.3 Å². The molecule has 0 bridgehead atoms.